The van der Waals surface area contributed by atoms with E-state index in [9.17, 15) is 13.2 Å². The summed E-state index contributed by atoms with van der Waals surface area (Å²) in [6.45, 7) is 3.81. The number of amides is 1. The molecule has 0 aliphatic heterocycles. The molecule has 0 spiro atoms. The molecule has 0 bridgehead atoms. The van der Waals surface area contributed by atoms with Crippen LogP contribution < -0.4 is 5.32 Å². The monoisotopic (exact) mass is 329 g/mol. The molecule has 0 radical (unpaired) electrons. The van der Waals surface area contributed by atoms with Gasteiger partial charge in [0.25, 0.3) is 15.0 Å². The Morgan fingerprint density at radius 3 is 2.62 bits per heavy atom. The largest absolute Gasteiger partial charge is 0.350 e. The van der Waals surface area contributed by atoms with Gasteiger partial charge in [-0.2, -0.15) is 0 Å². The number of aryl methyl sites for hydroxylation is 1. The van der Waals surface area contributed by atoms with Gasteiger partial charge in [0.05, 0.1) is 4.90 Å². The van der Waals surface area contributed by atoms with Crippen molar-refractivity contribution in [3.8, 4) is 0 Å². The summed E-state index contributed by atoms with van der Waals surface area (Å²) in [6, 6.07) is 4.74. The Bertz CT molecular complexity index is 638. The number of halogens is 1. The summed E-state index contributed by atoms with van der Waals surface area (Å²) in [7, 11) is 1.60. The fourth-order valence-electron chi connectivity index (χ4n) is 2.43. The van der Waals surface area contributed by atoms with Crippen LogP contribution in [0.15, 0.2) is 23.1 Å². The molecule has 21 heavy (non-hydrogen) atoms. The van der Waals surface area contributed by atoms with Crippen LogP contribution in [0.4, 0.5) is 0 Å². The van der Waals surface area contributed by atoms with Gasteiger partial charge in [-0.05, 0) is 43.4 Å². The number of nitrogens with one attached hydrogen (secondary N) is 1. The SMILES string of the molecule is CCc1ccc(C(=O)NC(C)CC2CC2)cc1S(=O)(=O)Cl. The van der Waals surface area contributed by atoms with Crippen molar-refractivity contribution in [3.63, 3.8) is 0 Å². The maximum Gasteiger partial charge on any atom is 0.261 e. The van der Waals surface area contributed by atoms with Crippen LogP contribution in [0.5, 0.6) is 0 Å². The van der Waals surface area contributed by atoms with Gasteiger partial charge in [0.2, 0.25) is 0 Å². The lowest BCUT2D eigenvalue weighted by atomic mass is 10.1. The van der Waals surface area contributed by atoms with Crippen LogP contribution in [0.2, 0.25) is 0 Å². The van der Waals surface area contributed by atoms with E-state index in [1.807, 2.05) is 13.8 Å². The first kappa shape index (κ1) is 16.3. The molecule has 1 aromatic rings. The first-order valence-corrected chi connectivity index (χ1v) is 9.50. The average Bonchev–Trinajstić information content (AvgIpc) is 3.20. The van der Waals surface area contributed by atoms with Crippen LogP contribution in [0.1, 0.15) is 49.0 Å². The number of hydrogen-bond acceptors (Lipinski definition) is 3. The molecule has 1 aliphatic carbocycles. The van der Waals surface area contributed by atoms with Gasteiger partial charge in [-0.15, -0.1) is 0 Å². The van der Waals surface area contributed by atoms with Crippen molar-refractivity contribution >= 4 is 25.6 Å². The fraction of sp³-hybridized carbons (Fsp3) is 0.533. The van der Waals surface area contributed by atoms with Gasteiger partial charge in [-0.1, -0.05) is 25.8 Å². The molecule has 0 heterocycles. The van der Waals surface area contributed by atoms with E-state index in [0.29, 0.717) is 17.5 Å². The predicted octanol–water partition coefficient (Wildman–Crippen LogP) is 3.09. The minimum atomic E-state index is -3.85. The van der Waals surface area contributed by atoms with Crippen LogP contribution in [0.3, 0.4) is 0 Å². The highest BCUT2D eigenvalue weighted by atomic mass is 35.7. The van der Waals surface area contributed by atoms with Crippen molar-refractivity contribution < 1.29 is 13.2 Å². The second-order valence-electron chi connectivity index (χ2n) is 5.67. The molecule has 116 valence electrons. The van der Waals surface area contributed by atoms with Crippen LogP contribution in [0, 0.1) is 5.92 Å². The third kappa shape index (κ3) is 4.45. The second-order valence-corrected chi connectivity index (χ2v) is 8.20. The fourth-order valence-corrected chi connectivity index (χ4v) is 3.66. The summed E-state index contributed by atoms with van der Waals surface area (Å²) < 4.78 is 23.2. The van der Waals surface area contributed by atoms with Gasteiger partial charge < -0.3 is 5.32 Å². The summed E-state index contributed by atoms with van der Waals surface area (Å²) in [6.07, 6.45) is 3.99. The van der Waals surface area contributed by atoms with Gasteiger partial charge >= 0.3 is 0 Å². The van der Waals surface area contributed by atoms with E-state index in [-0.39, 0.29) is 16.8 Å². The third-order valence-corrected chi connectivity index (χ3v) is 5.14. The van der Waals surface area contributed by atoms with Gasteiger partial charge in [-0.3, -0.25) is 4.79 Å². The number of rotatable bonds is 6. The Morgan fingerprint density at radius 1 is 1.43 bits per heavy atom. The first-order chi connectivity index (χ1) is 9.81. The van der Waals surface area contributed by atoms with Crippen molar-refractivity contribution in [1.82, 2.24) is 5.32 Å². The van der Waals surface area contributed by atoms with Crippen LogP contribution in [0.25, 0.3) is 0 Å². The molecule has 1 saturated carbocycles. The Labute approximate surface area is 130 Å². The molecule has 2 rings (SSSR count). The van der Waals surface area contributed by atoms with E-state index in [4.69, 9.17) is 10.7 Å². The Balaban J connectivity index is 2.17. The molecule has 1 aliphatic rings. The van der Waals surface area contributed by atoms with E-state index in [1.165, 1.54) is 18.9 Å². The van der Waals surface area contributed by atoms with Crippen LogP contribution in [-0.2, 0) is 15.5 Å². The molecule has 0 aromatic heterocycles. The Morgan fingerprint density at radius 2 is 2.10 bits per heavy atom. The Hall–Kier alpha value is -1.07. The molecular weight excluding hydrogens is 310 g/mol. The van der Waals surface area contributed by atoms with Crippen LogP contribution in [-0.4, -0.2) is 20.4 Å². The highest BCUT2D eigenvalue weighted by Crippen LogP contribution is 2.33. The third-order valence-electron chi connectivity index (χ3n) is 3.73. The summed E-state index contributed by atoms with van der Waals surface area (Å²) >= 11 is 0. The quantitative estimate of drug-likeness (QED) is 0.816. The molecule has 0 saturated heterocycles. The van der Waals surface area contributed by atoms with Crippen molar-refractivity contribution in [2.24, 2.45) is 5.92 Å². The zero-order valence-electron chi connectivity index (χ0n) is 12.2. The van der Waals surface area contributed by atoms with Gasteiger partial charge in [0.1, 0.15) is 0 Å². The molecular formula is C15H20ClNO3S. The first-order valence-electron chi connectivity index (χ1n) is 7.19. The number of carbonyl (C=O) groups excluding carboxylic acids is 1. The van der Waals surface area contributed by atoms with Gasteiger partial charge in [0.15, 0.2) is 0 Å². The average molecular weight is 330 g/mol. The zero-order chi connectivity index (χ0) is 15.6. The standard InChI is InChI=1S/C15H20ClNO3S/c1-3-12-6-7-13(9-14(12)21(16,19)20)15(18)17-10(2)8-11-4-5-11/h6-7,9-11H,3-5,8H2,1-2H3,(H,17,18). The number of hydrogen-bond donors (Lipinski definition) is 1. The molecule has 6 heteroatoms. The molecule has 1 fully saturated rings. The molecule has 1 N–H and O–H groups in total. The number of benzene rings is 1. The van der Waals surface area contributed by atoms with Gasteiger partial charge in [0, 0.05) is 22.3 Å². The van der Waals surface area contributed by atoms with Crippen molar-refractivity contribution in [3.05, 3.63) is 29.3 Å². The van der Waals surface area contributed by atoms with Crippen molar-refractivity contribution in [2.75, 3.05) is 0 Å². The molecule has 1 unspecified atom stereocenters. The van der Waals surface area contributed by atoms with Crippen molar-refractivity contribution in [1.29, 1.82) is 0 Å². The smallest absolute Gasteiger partial charge is 0.261 e. The van der Waals surface area contributed by atoms with Gasteiger partial charge in [-0.25, -0.2) is 8.42 Å². The zero-order valence-corrected chi connectivity index (χ0v) is 13.8. The lowest BCUT2D eigenvalue weighted by Crippen LogP contribution is -2.33. The van der Waals surface area contributed by atoms with Crippen LogP contribution >= 0.6 is 10.7 Å². The second kappa shape index (κ2) is 6.36. The summed E-state index contributed by atoms with van der Waals surface area (Å²) in [5.41, 5.74) is 0.946. The van der Waals surface area contributed by atoms with E-state index >= 15 is 0 Å². The van der Waals surface area contributed by atoms with Crippen molar-refractivity contribution in [2.45, 2.75) is 50.5 Å². The lowest BCUT2D eigenvalue weighted by molar-refractivity contribution is 0.0937. The number of carbonyl (C=O) groups is 1. The summed E-state index contributed by atoms with van der Waals surface area (Å²) in [5, 5.41) is 2.91. The highest BCUT2D eigenvalue weighted by molar-refractivity contribution is 8.13. The summed E-state index contributed by atoms with van der Waals surface area (Å²) in [4.78, 5) is 12.2. The Kier molecular flexibility index (Phi) is 4.94. The minimum Gasteiger partial charge on any atom is -0.350 e. The highest BCUT2D eigenvalue weighted by Gasteiger charge is 2.25. The predicted molar refractivity (Wildman–Crippen MR) is 83.1 cm³/mol. The molecule has 1 aromatic carbocycles. The topological polar surface area (TPSA) is 63.2 Å². The maximum absolute atomic E-state index is 12.2. The molecule has 4 nitrogen and oxygen atoms in total. The normalized spacial score (nSPS) is 16.5. The summed E-state index contributed by atoms with van der Waals surface area (Å²) in [5.74, 6) is 0.467. The van der Waals surface area contributed by atoms with E-state index in [2.05, 4.69) is 5.32 Å². The maximum atomic E-state index is 12.2. The van der Waals surface area contributed by atoms with E-state index < -0.39 is 9.05 Å². The molecule has 1 atom stereocenters. The molecule has 1 amide bonds. The minimum absolute atomic E-state index is 0.0224. The lowest BCUT2D eigenvalue weighted by Gasteiger charge is -2.14. The van der Waals surface area contributed by atoms with E-state index in [0.717, 1.165) is 12.3 Å². The van der Waals surface area contributed by atoms with E-state index in [1.54, 1.807) is 12.1 Å².